The molecule has 4 nitrogen and oxygen atoms in total. The van der Waals surface area contributed by atoms with E-state index in [9.17, 15) is 4.79 Å². The molecule has 0 aliphatic carbocycles. The molecule has 1 aliphatic heterocycles. The van der Waals surface area contributed by atoms with E-state index in [2.05, 4.69) is 24.3 Å². The summed E-state index contributed by atoms with van der Waals surface area (Å²) in [5.74, 6) is 1.05. The number of benzene rings is 2. The molecule has 0 spiro atoms. The fraction of sp³-hybridized carbons (Fsp3) is 0.348. The molecule has 1 unspecified atom stereocenters. The van der Waals surface area contributed by atoms with Gasteiger partial charge in [-0.15, -0.1) is 0 Å². The van der Waals surface area contributed by atoms with Gasteiger partial charge in [-0.1, -0.05) is 24.3 Å². The molecule has 0 saturated carbocycles. The van der Waals surface area contributed by atoms with E-state index in [0.29, 0.717) is 6.42 Å². The Labute approximate surface area is 159 Å². The molecular weight excluding hydrogens is 338 g/mol. The number of fused-ring (bicyclic) bond motifs is 1. The van der Waals surface area contributed by atoms with Crippen LogP contribution < -0.4 is 4.74 Å². The average molecular weight is 363 g/mol. The number of furan rings is 1. The SMILES string of the molecule is COc1cccc(CC2CCCN2C(=O)Cc2coc3cc(C)ccc23)c1. The van der Waals surface area contributed by atoms with Crippen LogP contribution in [0.2, 0.25) is 0 Å². The quantitative estimate of drug-likeness (QED) is 0.669. The fourth-order valence-corrected chi connectivity index (χ4v) is 4.04. The molecule has 4 rings (SSSR count). The zero-order chi connectivity index (χ0) is 18.8. The zero-order valence-electron chi connectivity index (χ0n) is 15.9. The smallest absolute Gasteiger partial charge is 0.227 e. The van der Waals surface area contributed by atoms with Gasteiger partial charge in [0.2, 0.25) is 5.91 Å². The number of hydrogen-bond acceptors (Lipinski definition) is 3. The van der Waals surface area contributed by atoms with Crippen LogP contribution in [0.15, 0.2) is 53.1 Å². The van der Waals surface area contributed by atoms with Gasteiger partial charge < -0.3 is 14.1 Å². The molecule has 0 radical (unpaired) electrons. The van der Waals surface area contributed by atoms with Gasteiger partial charge in [-0.3, -0.25) is 4.79 Å². The van der Waals surface area contributed by atoms with E-state index in [-0.39, 0.29) is 11.9 Å². The van der Waals surface area contributed by atoms with Crippen molar-refractivity contribution in [2.75, 3.05) is 13.7 Å². The molecule has 2 heterocycles. The van der Waals surface area contributed by atoms with E-state index in [1.54, 1.807) is 13.4 Å². The highest BCUT2D eigenvalue weighted by Crippen LogP contribution is 2.27. The molecule has 1 fully saturated rings. The maximum Gasteiger partial charge on any atom is 0.227 e. The summed E-state index contributed by atoms with van der Waals surface area (Å²) in [5, 5.41) is 1.04. The first-order valence-electron chi connectivity index (χ1n) is 9.53. The van der Waals surface area contributed by atoms with Crippen LogP contribution in [0.5, 0.6) is 5.75 Å². The van der Waals surface area contributed by atoms with E-state index >= 15 is 0 Å². The van der Waals surface area contributed by atoms with Crippen molar-refractivity contribution < 1.29 is 13.9 Å². The topological polar surface area (TPSA) is 42.7 Å². The summed E-state index contributed by atoms with van der Waals surface area (Å²) in [6.07, 6.45) is 5.11. The van der Waals surface area contributed by atoms with E-state index in [1.807, 2.05) is 30.0 Å². The number of aryl methyl sites for hydroxylation is 1. The lowest BCUT2D eigenvalue weighted by molar-refractivity contribution is -0.131. The Morgan fingerprint density at radius 2 is 2.15 bits per heavy atom. The molecule has 1 saturated heterocycles. The van der Waals surface area contributed by atoms with E-state index < -0.39 is 0 Å². The van der Waals surface area contributed by atoms with Gasteiger partial charge in [0.05, 0.1) is 19.8 Å². The molecule has 27 heavy (non-hydrogen) atoms. The molecule has 140 valence electrons. The lowest BCUT2D eigenvalue weighted by Crippen LogP contribution is -2.37. The Morgan fingerprint density at radius 3 is 3.00 bits per heavy atom. The number of amides is 1. The van der Waals surface area contributed by atoms with Crippen molar-refractivity contribution in [3.8, 4) is 5.75 Å². The highest BCUT2D eigenvalue weighted by molar-refractivity contribution is 5.88. The minimum absolute atomic E-state index is 0.184. The third kappa shape index (κ3) is 3.70. The maximum absolute atomic E-state index is 13.0. The van der Waals surface area contributed by atoms with Gasteiger partial charge in [0.1, 0.15) is 11.3 Å². The molecule has 3 aromatic rings. The predicted molar refractivity (Wildman–Crippen MR) is 106 cm³/mol. The number of nitrogens with zero attached hydrogens (tertiary/aromatic N) is 1. The van der Waals surface area contributed by atoms with Crippen LogP contribution >= 0.6 is 0 Å². The number of hydrogen-bond donors (Lipinski definition) is 0. The van der Waals surface area contributed by atoms with Crippen molar-refractivity contribution in [3.05, 3.63) is 65.4 Å². The molecule has 1 amide bonds. The average Bonchev–Trinajstić information content (AvgIpc) is 3.29. The molecule has 1 atom stereocenters. The Hall–Kier alpha value is -2.75. The number of likely N-dealkylation sites (tertiary alicyclic amines) is 1. The van der Waals surface area contributed by atoms with Gasteiger partial charge in [0, 0.05) is 23.5 Å². The molecule has 0 N–H and O–H groups in total. The van der Waals surface area contributed by atoms with Crippen LogP contribution in [0.25, 0.3) is 11.0 Å². The largest absolute Gasteiger partial charge is 0.497 e. The third-order valence-electron chi connectivity index (χ3n) is 5.46. The van der Waals surface area contributed by atoms with Crippen LogP contribution in [-0.4, -0.2) is 30.5 Å². The second-order valence-electron chi connectivity index (χ2n) is 7.38. The van der Waals surface area contributed by atoms with Crippen molar-refractivity contribution >= 4 is 16.9 Å². The lowest BCUT2D eigenvalue weighted by atomic mass is 10.0. The normalized spacial score (nSPS) is 16.8. The summed E-state index contributed by atoms with van der Waals surface area (Å²) >= 11 is 0. The maximum atomic E-state index is 13.0. The molecule has 2 aromatic carbocycles. The first kappa shape index (κ1) is 17.7. The van der Waals surface area contributed by atoms with E-state index in [1.165, 1.54) is 5.56 Å². The first-order chi connectivity index (χ1) is 13.1. The van der Waals surface area contributed by atoms with Gasteiger partial charge in [-0.25, -0.2) is 0 Å². The van der Waals surface area contributed by atoms with E-state index in [0.717, 1.165) is 53.7 Å². The number of carbonyl (C=O) groups excluding carboxylic acids is 1. The molecular formula is C23H25NO3. The Kier molecular flexibility index (Phi) is 4.88. The zero-order valence-corrected chi connectivity index (χ0v) is 15.9. The Morgan fingerprint density at radius 1 is 1.26 bits per heavy atom. The van der Waals surface area contributed by atoms with Crippen LogP contribution in [0, 0.1) is 6.92 Å². The molecule has 0 bridgehead atoms. The molecule has 1 aromatic heterocycles. The number of carbonyl (C=O) groups is 1. The van der Waals surface area contributed by atoms with Crippen molar-refractivity contribution in [3.63, 3.8) is 0 Å². The summed E-state index contributed by atoms with van der Waals surface area (Å²) in [5.41, 5.74) is 4.20. The third-order valence-corrected chi connectivity index (χ3v) is 5.46. The monoisotopic (exact) mass is 363 g/mol. The van der Waals surface area contributed by atoms with Crippen LogP contribution in [-0.2, 0) is 17.6 Å². The minimum atomic E-state index is 0.184. The number of rotatable bonds is 5. The minimum Gasteiger partial charge on any atom is -0.497 e. The molecule has 1 aliphatic rings. The number of methoxy groups -OCH3 is 1. The summed E-state index contributed by atoms with van der Waals surface area (Å²) in [7, 11) is 1.68. The summed E-state index contributed by atoms with van der Waals surface area (Å²) < 4.78 is 11.0. The summed E-state index contributed by atoms with van der Waals surface area (Å²) in [6.45, 7) is 2.88. The van der Waals surface area contributed by atoms with Crippen LogP contribution in [0.1, 0.15) is 29.5 Å². The van der Waals surface area contributed by atoms with Gasteiger partial charge in [0.25, 0.3) is 0 Å². The standard InChI is InChI=1S/C23H25NO3/c1-16-8-9-21-18(15-27-22(21)11-16)14-23(25)24-10-4-6-19(24)12-17-5-3-7-20(13-17)26-2/h3,5,7-9,11,13,15,19H,4,6,10,12,14H2,1-2H3. The number of ether oxygens (including phenoxy) is 1. The van der Waals surface area contributed by atoms with Gasteiger partial charge in [-0.2, -0.15) is 0 Å². The Bertz CT molecular complexity index is 959. The summed E-state index contributed by atoms with van der Waals surface area (Å²) in [4.78, 5) is 15.1. The fourth-order valence-electron chi connectivity index (χ4n) is 4.04. The molecule has 4 heteroatoms. The van der Waals surface area contributed by atoms with Crippen molar-refractivity contribution in [1.29, 1.82) is 0 Å². The van der Waals surface area contributed by atoms with E-state index in [4.69, 9.17) is 9.15 Å². The predicted octanol–water partition coefficient (Wildman–Crippen LogP) is 4.53. The second-order valence-corrected chi connectivity index (χ2v) is 7.38. The second kappa shape index (κ2) is 7.47. The van der Waals surface area contributed by atoms with Crippen molar-refractivity contribution in [2.24, 2.45) is 0 Å². The highest BCUT2D eigenvalue weighted by Gasteiger charge is 2.29. The van der Waals surface area contributed by atoms with Gasteiger partial charge >= 0.3 is 0 Å². The van der Waals surface area contributed by atoms with Gasteiger partial charge in [-0.05, 0) is 55.5 Å². The summed E-state index contributed by atoms with van der Waals surface area (Å²) in [6, 6.07) is 14.5. The van der Waals surface area contributed by atoms with Gasteiger partial charge in [0.15, 0.2) is 0 Å². The van der Waals surface area contributed by atoms with Crippen molar-refractivity contribution in [1.82, 2.24) is 4.90 Å². The lowest BCUT2D eigenvalue weighted by Gasteiger charge is -2.25. The van der Waals surface area contributed by atoms with Crippen LogP contribution in [0.4, 0.5) is 0 Å². The first-order valence-corrected chi connectivity index (χ1v) is 9.53. The van der Waals surface area contributed by atoms with Crippen LogP contribution in [0.3, 0.4) is 0 Å². The highest BCUT2D eigenvalue weighted by atomic mass is 16.5. The van der Waals surface area contributed by atoms with Crippen molar-refractivity contribution in [2.45, 2.75) is 38.6 Å². The Balaban J connectivity index is 1.48.